The summed E-state index contributed by atoms with van der Waals surface area (Å²) in [7, 11) is 0. The fourth-order valence-corrected chi connectivity index (χ4v) is 3.45. The Balaban J connectivity index is 1.50. The number of nitrogens with zero attached hydrogens (tertiary/aromatic N) is 2. The molecule has 1 aliphatic rings. The van der Waals surface area contributed by atoms with Gasteiger partial charge >= 0.3 is 0 Å². The van der Waals surface area contributed by atoms with Gasteiger partial charge in [-0.25, -0.2) is 4.98 Å². The van der Waals surface area contributed by atoms with Gasteiger partial charge in [0.25, 0.3) is 5.91 Å². The Labute approximate surface area is 153 Å². The van der Waals surface area contributed by atoms with Gasteiger partial charge < -0.3 is 10.2 Å². The SMILES string of the molecule is O=C(c1ccccc1)N1CCCC1c1ccc(Nc2ccccc2)nc1. The minimum atomic E-state index is 0.0968. The smallest absolute Gasteiger partial charge is 0.254 e. The molecule has 4 rings (SSSR count). The zero-order valence-corrected chi connectivity index (χ0v) is 14.5. The molecule has 0 aliphatic carbocycles. The molecule has 4 heteroatoms. The Hall–Kier alpha value is -3.14. The molecular weight excluding hydrogens is 322 g/mol. The van der Waals surface area contributed by atoms with E-state index in [4.69, 9.17) is 0 Å². The molecule has 0 bridgehead atoms. The highest BCUT2D eigenvalue weighted by molar-refractivity contribution is 5.94. The summed E-state index contributed by atoms with van der Waals surface area (Å²) in [5, 5.41) is 3.29. The van der Waals surface area contributed by atoms with E-state index in [1.165, 1.54) is 0 Å². The molecule has 1 unspecified atom stereocenters. The number of nitrogens with one attached hydrogen (secondary N) is 1. The van der Waals surface area contributed by atoms with Crippen molar-refractivity contribution in [2.24, 2.45) is 0 Å². The first-order chi connectivity index (χ1) is 12.8. The number of hydrogen-bond donors (Lipinski definition) is 1. The Kier molecular flexibility index (Phi) is 4.65. The second-order valence-electron chi connectivity index (χ2n) is 6.49. The molecule has 4 nitrogen and oxygen atoms in total. The second kappa shape index (κ2) is 7.40. The molecule has 0 radical (unpaired) electrons. The van der Waals surface area contributed by atoms with Crippen LogP contribution in [0.1, 0.15) is 34.8 Å². The lowest BCUT2D eigenvalue weighted by molar-refractivity contribution is 0.0735. The zero-order chi connectivity index (χ0) is 17.8. The lowest BCUT2D eigenvalue weighted by atomic mass is 10.1. The van der Waals surface area contributed by atoms with Crippen molar-refractivity contribution in [1.82, 2.24) is 9.88 Å². The van der Waals surface area contributed by atoms with Crippen molar-refractivity contribution in [1.29, 1.82) is 0 Å². The third-order valence-corrected chi connectivity index (χ3v) is 4.75. The van der Waals surface area contributed by atoms with Gasteiger partial charge in [-0.3, -0.25) is 4.79 Å². The molecule has 2 aromatic carbocycles. The van der Waals surface area contributed by atoms with Gasteiger partial charge in [-0.2, -0.15) is 0 Å². The lowest BCUT2D eigenvalue weighted by Crippen LogP contribution is -2.30. The number of anilines is 2. The number of likely N-dealkylation sites (tertiary alicyclic amines) is 1. The Bertz CT molecular complexity index is 863. The van der Waals surface area contributed by atoms with Crippen LogP contribution in [0.3, 0.4) is 0 Å². The molecule has 1 fully saturated rings. The van der Waals surface area contributed by atoms with Gasteiger partial charge in [0.2, 0.25) is 0 Å². The molecular formula is C22H21N3O. The Morgan fingerprint density at radius 2 is 1.69 bits per heavy atom. The fourth-order valence-electron chi connectivity index (χ4n) is 3.45. The number of pyridine rings is 1. The number of aromatic nitrogens is 1. The summed E-state index contributed by atoms with van der Waals surface area (Å²) in [6.45, 7) is 0.794. The van der Waals surface area contributed by atoms with Crippen LogP contribution in [-0.2, 0) is 0 Å². The average molecular weight is 343 g/mol. The van der Waals surface area contributed by atoms with Crippen molar-refractivity contribution in [3.63, 3.8) is 0 Å². The number of carbonyl (C=O) groups is 1. The first-order valence-corrected chi connectivity index (χ1v) is 8.95. The highest BCUT2D eigenvalue weighted by Crippen LogP contribution is 2.33. The van der Waals surface area contributed by atoms with E-state index in [-0.39, 0.29) is 11.9 Å². The summed E-state index contributed by atoms with van der Waals surface area (Å²) in [5.74, 6) is 0.901. The molecule has 2 heterocycles. The van der Waals surface area contributed by atoms with E-state index in [1.807, 2.05) is 77.8 Å². The summed E-state index contributed by atoms with van der Waals surface area (Å²) < 4.78 is 0. The van der Waals surface area contributed by atoms with Gasteiger partial charge in [0.05, 0.1) is 6.04 Å². The summed E-state index contributed by atoms with van der Waals surface area (Å²) in [5.41, 5.74) is 2.84. The van der Waals surface area contributed by atoms with Crippen molar-refractivity contribution in [2.75, 3.05) is 11.9 Å². The maximum Gasteiger partial charge on any atom is 0.254 e. The number of amides is 1. The molecule has 1 amide bonds. The Morgan fingerprint density at radius 1 is 0.962 bits per heavy atom. The van der Waals surface area contributed by atoms with Crippen LogP contribution in [0.25, 0.3) is 0 Å². The van der Waals surface area contributed by atoms with Crippen molar-refractivity contribution in [2.45, 2.75) is 18.9 Å². The van der Waals surface area contributed by atoms with Crippen LogP contribution in [0.2, 0.25) is 0 Å². The molecule has 1 aromatic heterocycles. The second-order valence-corrected chi connectivity index (χ2v) is 6.49. The van der Waals surface area contributed by atoms with E-state index in [0.29, 0.717) is 0 Å². The molecule has 26 heavy (non-hydrogen) atoms. The van der Waals surface area contributed by atoms with Crippen molar-refractivity contribution < 1.29 is 4.79 Å². The molecule has 0 saturated carbocycles. The highest BCUT2D eigenvalue weighted by atomic mass is 16.2. The summed E-state index contributed by atoms with van der Waals surface area (Å²) in [6, 6.07) is 23.6. The van der Waals surface area contributed by atoms with E-state index < -0.39 is 0 Å². The summed E-state index contributed by atoms with van der Waals surface area (Å²) in [4.78, 5) is 19.3. The molecule has 0 spiro atoms. The standard InChI is InChI=1S/C22H21N3O/c26-22(17-8-3-1-4-9-17)25-15-7-12-20(25)18-13-14-21(23-16-18)24-19-10-5-2-6-11-19/h1-6,8-11,13-14,16,20H,7,12,15H2,(H,23,24). The van der Waals surface area contributed by atoms with Gasteiger partial charge in [-0.05, 0) is 48.7 Å². The zero-order valence-electron chi connectivity index (χ0n) is 14.5. The van der Waals surface area contributed by atoms with Crippen LogP contribution in [0, 0.1) is 0 Å². The first kappa shape index (κ1) is 16.3. The molecule has 1 atom stereocenters. The van der Waals surface area contributed by atoms with Crippen LogP contribution in [0.5, 0.6) is 0 Å². The first-order valence-electron chi connectivity index (χ1n) is 8.95. The average Bonchev–Trinajstić information content (AvgIpc) is 3.19. The quantitative estimate of drug-likeness (QED) is 0.740. The van der Waals surface area contributed by atoms with Gasteiger partial charge in [-0.1, -0.05) is 42.5 Å². The van der Waals surface area contributed by atoms with Crippen LogP contribution < -0.4 is 5.32 Å². The number of para-hydroxylation sites is 1. The number of benzene rings is 2. The van der Waals surface area contributed by atoms with E-state index in [2.05, 4.69) is 16.4 Å². The summed E-state index contributed by atoms with van der Waals surface area (Å²) in [6.07, 6.45) is 3.88. The molecule has 1 aliphatic heterocycles. The van der Waals surface area contributed by atoms with Gasteiger partial charge in [0.15, 0.2) is 0 Å². The van der Waals surface area contributed by atoms with Gasteiger partial charge in [0.1, 0.15) is 5.82 Å². The highest BCUT2D eigenvalue weighted by Gasteiger charge is 2.30. The van der Waals surface area contributed by atoms with E-state index >= 15 is 0 Å². The molecule has 1 N–H and O–H groups in total. The summed E-state index contributed by atoms with van der Waals surface area (Å²) >= 11 is 0. The normalized spacial score (nSPS) is 16.5. The van der Waals surface area contributed by atoms with E-state index in [1.54, 1.807) is 0 Å². The maximum absolute atomic E-state index is 12.8. The lowest BCUT2D eigenvalue weighted by Gasteiger charge is -2.25. The largest absolute Gasteiger partial charge is 0.340 e. The van der Waals surface area contributed by atoms with E-state index in [0.717, 1.165) is 42.0 Å². The van der Waals surface area contributed by atoms with Crippen molar-refractivity contribution in [3.05, 3.63) is 90.1 Å². The van der Waals surface area contributed by atoms with Gasteiger partial charge in [-0.15, -0.1) is 0 Å². The van der Waals surface area contributed by atoms with Crippen LogP contribution in [0.4, 0.5) is 11.5 Å². The number of rotatable bonds is 4. The number of carbonyl (C=O) groups excluding carboxylic acids is 1. The minimum Gasteiger partial charge on any atom is -0.340 e. The fraction of sp³-hybridized carbons (Fsp3) is 0.182. The van der Waals surface area contributed by atoms with E-state index in [9.17, 15) is 4.79 Å². The predicted octanol–water partition coefficient (Wildman–Crippen LogP) is 4.80. The predicted molar refractivity (Wildman–Crippen MR) is 103 cm³/mol. The third kappa shape index (κ3) is 3.45. The minimum absolute atomic E-state index is 0.0968. The molecule has 3 aromatic rings. The van der Waals surface area contributed by atoms with Gasteiger partial charge in [0, 0.05) is 24.0 Å². The number of hydrogen-bond acceptors (Lipinski definition) is 3. The topological polar surface area (TPSA) is 45.2 Å². The van der Waals surface area contributed by atoms with Crippen LogP contribution >= 0.6 is 0 Å². The van der Waals surface area contributed by atoms with Crippen molar-refractivity contribution >= 4 is 17.4 Å². The molecule has 130 valence electrons. The molecule has 1 saturated heterocycles. The monoisotopic (exact) mass is 343 g/mol. The Morgan fingerprint density at radius 3 is 2.38 bits per heavy atom. The van der Waals surface area contributed by atoms with Crippen LogP contribution in [-0.4, -0.2) is 22.3 Å². The van der Waals surface area contributed by atoms with Crippen molar-refractivity contribution in [3.8, 4) is 0 Å². The maximum atomic E-state index is 12.8. The van der Waals surface area contributed by atoms with Crippen LogP contribution in [0.15, 0.2) is 79.0 Å². The third-order valence-electron chi connectivity index (χ3n) is 4.75.